The lowest BCUT2D eigenvalue weighted by Crippen LogP contribution is -1.77. The van der Waals surface area contributed by atoms with Crippen LogP contribution in [-0.2, 0) is 0 Å². The smallest absolute Gasteiger partial charge is 0.133 e. The van der Waals surface area contributed by atoms with Crippen LogP contribution in [-0.4, -0.2) is 17.1 Å². The topological polar surface area (TPSA) is 45.1 Å². The number of anilines is 1. The number of hydrogen-bond donors (Lipinski definition) is 2. The molecule has 0 saturated carbocycles. The molecule has 0 spiro atoms. The van der Waals surface area contributed by atoms with Crippen LogP contribution in [0.5, 0.6) is 5.75 Å². The lowest BCUT2D eigenvalue weighted by atomic mass is 10.3. The summed E-state index contributed by atoms with van der Waals surface area (Å²) in [6.07, 6.45) is 3.00. The van der Waals surface area contributed by atoms with E-state index in [4.69, 9.17) is 5.11 Å². The normalized spacial score (nSPS) is 10.1. The van der Waals surface area contributed by atoms with Gasteiger partial charge >= 0.3 is 0 Å². The molecule has 2 aliphatic rings. The van der Waals surface area contributed by atoms with Gasteiger partial charge in [-0.2, -0.15) is 0 Å². The first-order chi connectivity index (χ1) is 7.74. The van der Waals surface area contributed by atoms with E-state index in [1.807, 2.05) is 7.05 Å². The van der Waals surface area contributed by atoms with Crippen molar-refractivity contribution in [3.8, 4) is 16.9 Å². The minimum atomic E-state index is 0.211. The summed E-state index contributed by atoms with van der Waals surface area (Å²) in [4.78, 5) is 3.63. The van der Waals surface area contributed by atoms with E-state index in [0.29, 0.717) is 0 Å². The van der Waals surface area contributed by atoms with Crippen molar-refractivity contribution in [1.29, 1.82) is 0 Å². The summed E-state index contributed by atoms with van der Waals surface area (Å²) in [7, 11) is 1.97. The van der Waals surface area contributed by atoms with Crippen molar-refractivity contribution in [2.75, 3.05) is 12.4 Å². The Hall–Kier alpha value is -2.03. The third kappa shape index (κ3) is 1.98. The zero-order valence-corrected chi connectivity index (χ0v) is 9.36. The minimum Gasteiger partial charge on any atom is -0.506 e. The maximum atomic E-state index is 8.57. The van der Waals surface area contributed by atoms with Gasteiger partial charge in [-0.05, 0) is 24.6 Å². The molecule has 0 fully saturated rings. The second-order valence-corrected chi connectivity index (χ2v) is 3.64. The molecule has 1 aromatic rings. The molecule has 3 heteroatoms. The molecule has 0 saturated heterocycles. The highest BCUT2D eigenvalue weighted by Crippen LogP contribution is 2.50. The Morgan fingerprint density at radius 3 is 2.38 bits per heavy atom. The van der Waals surface area contributed by atoms with Crippen LogP contribution in [0, 0.1) is 6.92 Å². The number of pyridine rings is 1. The van der Waals surface area contributed by atoms with Crippen molar-refractivity contribution in [3.63, 3.8) is 0 Å². The van der Waals surface area contributed by atoms with Gasteiger partial charge in [0.25, 0.3) is 0 Å². The van der Waals surface area contributed by atoms with Crippen molar-refractivity contribution in [3.05, 3.63) is 42.2 Å². The molecule has 0 amide bonds. The van der Waals surface area contributed by atoms with Gasteiger partial charge in [-0.25, -0.2) is 0 Å². The fourth-order valence-electron chi connectivity index (χ4n) is 1.68. The second-order valence-electron chi connectivity index (χ2n) is 3.64. The van der Waals surface area contributed by atoms with E-state index in [-0.39, 0.29) is 5.75 Å². The first kappa shape index (κ1) is 10.5. The minimum absolute atomic E-state index is 0.211. The molecule has 1 heterocycles. The highest BCUT2D eigenvalue weighted by Gasteiger charge is 2.24. The quantitative estimate of drug-likeness (QED) is 0.654. The number of aromatic nitrogens is 1. The standard InChI is InChI=1S/C8H9N.C5H5NO/c1-5-3-4-6-7(5)8(6)9-2;7-5-2-1-3-6-4-5/h3-4,9H,1-2H3;1-4,7H. The van der Waals surface area contributed by atoms with Crippen molar-refractivity contribution < 1.29 is 5.11 Å². The molecular weight excluding hydrogens is 200 g/mol. The predicted octanol–water partition coefficient (Wildman–Crippen LogP) is 2.80. The Labute approximate surface area is 94.8 Å². The van der Waals surface area contributed by atoms with E-state index in [9.17, 15) is 0 Å². The van der Waals surface area contributed by atoms with E-state index in [1.54, 1.807) is 18.3 Å². The van der Waals surface area contributed by atoms with Crippen LogP contribution in [0.2, 0.25) is 0 Å². The van der Waals surface area contributed by atoms with E-state index in [1.165, 1.54) is 28.6 Å². The molecule has 0 aromatic carbocycles. The molecule has 2 N–H and O–H groups in total. The van der Waals surface area contributed by atoms with Crippen LogP contribution in [0.3, 0.4) is 0 Å². The largest absolute Gasteiger partial charge is 0.506 e. The fourth-order valence-corrected chi connectivity index (χ4v) is 1.68. The zero-order chi connectivity index (χ0) is 11.5. The molecular formula is C13H14N2O. The highest BCUT2D eigenvalue weighted by molar-refractivity contribution is 6.06. The van der Waals surface area contributed by atoms with Crippen molar-refractivity contribution >= 4 is 5.69 Å². The Balaban J connectivity index is 0.000000125. The van der Waals surface area contributed by atoms with Gasteiger partial charge in [0, 0.05) is 24.4 Å². The molecule has 0 radical (unpaired) electrons. The molecule has 16 heavy (non-hydrogen) atoms. The van der Waals surface area contributed by atoms with Crippen LogP contribution in [0.1, 0.15) is 5.56 Å². The van der Waals surface area contributed by atoms with Crippen LogP contribution < -0.4 is 5.32 Å². The second kappa shape index (κ2) is 4.23. The maximum absolute atomic E-state index is 8.57. The van der Waals surface area contributed by atoms with Crippen LogP contribution >= 0.6 is 0 Å². The van der Waals surface area contributed by atoms with Gasteiger partial charge in [-0.3, -0.25) is 4.98 Å². The zero-order valence-electron chi connectivity index (χ0n) is 9.36. The Kier molecular flexibility index (Phi) is 2.77. The summed E-state index contributed by atoms with van der Waals surface area (Å²) >= 11 is 0. The number of rotatable bonds is 1. The lowest BCUT2D eigenvalue weighted by molar-refractivity contribution is 0.472. The van der Waals surface area contributed by atoms with Crippen LogP contribution in [0.4, 0.5) is 5.69 Å². The predicted molar refractivity (Wildman–Crippen MR) is 65.6 cm³/mol. The molecule has 0 unspecified atom stereocenters. The molecule has 0 atom stereocenters. The number of nitrogens with one attached hydrogen (secondary N) is 1. The van der Waals surface area contributed by atoms with Gasteiger partial charge in [-0.1, -0.05) is 12.1 Å². The third-order valence-electron chi connectivity index (χ3n) is 2.52. The number of aryl methyl sites for hydroxylation is 1. The van der Waals surface area contributed by atoms with Crippen molar-refractivity contribution in [2.45, 2.75) is 6.92 Å². The first-order valence-corrected chi connectivity index (χ1v) is 5.14. The van der Waals surface area contributed by atoms with Gasteiger partial charge in [0.1, 0.15) is 5.75 Å². The molecule has 3 nitrogen and oxygen atoms in total. The Bertz CT molecular complexity index is 495. The van der Waals surface area contributed by atoms with Crippen molar-refractivity contribution in [1.82, 2.24) is 4.98 Å². The summed E-state index contributed by atoms with van der Waals surface area (Å²) in [5.74, 6) is 0.211. The number of hydrogen-bond acceptors (Lipinski definition) is 3. The summed E-state index contributed by atoms with van der Waals surface area (Å²) < 4.78 is 0. The van der Waals surface area contributed by atoms with Crippen LogP contribution in [0.25, 0.3) is 11.1 Å². The first-order valence-electron chi connectivity index (χ1n) is 5.14. The van der Waals surface area contributed by atoms with Crippen LogP contribution in [0.15, 0.2) is 36.7 Å². The van der Waals surface area contributed by atoms with Gasteiger partial charge in [0.2, 0.25) is 0 Å². The van der Waals surface area contributed by atoms with Gasteiger partial charge < -0.3 is 10.4 Å². The summed E-state index contributed by atoms with van der Waals surface area (Å²) in [5, 5.41) is 11.7. The highest BCUT2D eigenvalue weighted by atomic mass is 16.3. The summed E-state index contributed by atoms with van der Waals surface area (Å²) in [6.45, 7) is 2.14. The van der Waals surface area contributed by atoms with Crippen molar-refractivity contribution in [2.24, 2.45) is 0 Å². The van der Waals surface area contributed by atoms with E-state index in [0.717, 1.165) is 0 Å². The fraction of sp³-hybridized carbons (Fsp3) is 0.154. The lowest BCUT2D eigenvalue weighted by Gasteiger charge is -1.82. The monoisotopic (exact) mass is 214 g/mol. The summed E-state index contributed by atoms with van der Waals surface area (Å²) in [5.41, 5.74) is 5.59. The molecule has 1 aromatic heterocycles. The number of aromatic hydroxyl groups is 1. The molecule has 2 aliphatic carbocycles. The number of benzene rings is 1. The van der Waals surface area contributed by atoms with E-state index >= 15 is 0 Å². The number of nitrogens with zero attached hydrogens (tertiary/aromatic N) is 1. The SMILES string of the molecule is CNc1c2ccc(C)c1-2.Oc1cccnc1. The van der Waals surface area contributed by atoms with Gasteiger partial charge in [0.15, 0.2) is 0 Å². The Morgan fingerprint density at radius 1 is 1.25 bits per heavy atom. The third-order valence-corrected chi connectivity index (χ3v) is 2.52. The molecule has 82 valence electrons. The van der Waals surface area contributed by atoms with E-state index < -0.39 is 0 Å². The number of fused-ring (bicyclic) bond motifs is 1. The average Bonchev–Trinajstić information content (AvgIpc) is 2.90. The molecule has 0 aliphatic heterocycles. The Morgan fingerprint density at radius 2 is 2.06 bits per heavy atom. The average molecular weight is 214 g/mol. The molecule has 0 bridgehead atoms. The summed E-state index contributed by atoms with van der Waals surface area (Å²) in [6, 6.07) is 7.57. The van der Waals surface area contributed by atoms with Gasteiger partial charge in [0.05, 0.1) is 11.9 Å². The van der Waals surface area contributed by atoms with Gasteiger partial charge in [-0.15, -0.1) is 0 Å². The molecule has 3 rings (SSSR count). The van der Waals surface area contributed by atoms with E-state index in [2.05, 4.69) is 29.4 Å². The maximum Gasteiger partial charge on any atom is 0.133 e.